The second-order valence-electron chi connectivity index (χ2n) is 9.21. The number of rotatable bonds is 3. The molecule has 1 aliphatic heterocycles. The van der Waals surface area contributed by atoms with Crippen LogP contribution in [0.4, 0.5) is 26.0 Å². The summed E-state index contributed by atoms with van der Waals surface area (Å²) in [6.45, 7) is 1.97. The van der Waals surface area contributed by atoms with Crippen LogP contribution in [-0.2, 0) is 11.3 Å². The summed E-state index contributed by atoms with van der Waals surface area (Å²) in [6, 6.07) is 12.3. The van der Waals surface area contributed by atoms with E-state index in [1.165, 1.54) is 12.3 Å². The summed E-state index contributed by atoms with van der Waals surface area (Å²) in [6.07, 6.45) is 2.67. The molecule has 2 aliphatic rings. The Bertz CT molecular complexity index is 1300. The smallest absolute Gasteiger partial charge is 0.354 e. The van der Waals surface area contributed by atoms with Gasteiger partial charge >= 0.3 is 5.97 Å². The Kier molecular flexibility index (Phi) is 5.70. The van der Waals surface area contributed by atoms with Crippen LogP contribution in [0.25, 0.3) is 11.1 Å². The molecule has 2 unspecified atom stereocenters. The summed E-state index contributed by atoms with van der Waals surface area (Å²) in [7, 11) is 0. The number of nitrogens with one attached hydrogen (secondary N) is 1. The van der Waals surface area contributed by atoms with Gasteiger partial charge in [-0.3, -0.25) is 4.79 Å². The number of amides is 1. The van der Waals surface area contributed by atoms with Crippen molar-refractivity contribution in [2.24, 2.45) is 11.8 Å². The van der Waals surface area contributed by atoms with Crippen LogP contribution in [0.5, 0.6) is 0 Å². The highest BCUT2D eigenvalue weighted by atomic mass is 19.3. The van der Waals surface area contributed by atoms with Crippen molar-refractivity contribution in [3.8, 4) is 11.1 Å². The molecule has 9 heteroatoms. The molecule has 2 N–H and O–H groups in total. The van der Waals surface area contributed by atoms with Gasteiger partial charge in [-0.1, -0.05) is 25.1 Å². The Hall–Kier alpha value is -3.88. The fourth-order valence-electron chi connectivity index (χ4n) is 4.92. The molecule has 2 aromatic heterocycles. The van der Waals surface area contributed by atoms with Crippen LogP contribution in [0, 0.1) is 11.8 Å². The molecular weight excluding hydrogens is 454 g/mol. The minimum atomic E-state index is -2.74. The lowest BCUT2D eigenvalue weighted by atomic mass is 9.77. The Balaban J connectivity index is 1.55. The zero-order valence-electron chi connectivity index (χ0n) is 19.0. The van der Waals surface area contributed by atoms with Gasteiger partial charge in [-0.05, 0) is 42.2 Å². The van der Waals surface area contributed by atoms with Gasteiger partial charge in [0.2, 0.25) is 11.8 Å². The zero-order chi connectivity index (χ0) is 24.7. The number of anilines is 3. The molecule has 1 saturated carbocycles. The van der Waals surface area contributed by atoms with Crippen molar-refractivity contribution in [3.63, 3.8) is 0 Å². The number of carbonyl (C=O) groups is 2. The quantitative estimate of drug-likeness (QED) is 0.516. The number of alkyl halides is 2. The minimum absolute atomic E-state index is 0.0633. The molecule has 3 heterocycles. The number of aromatic carboxylic acids is 1. The van der Waals surface area contributed by atoms with Gasteiger partial charge in [-0.15, -0.1) is 0 Å². The Labute approximate surface area is 200 Å². The summed E-state index contributed by atoms with van der Waals surface area (Å²) in [5.74, 6) is -4.38. The van der Waals surface area contributed by atoms with E-state index in [1.807, 2.05) is 24.3 Å². The summed E-state index contributed by atoms with van der Waals surface area (Å²) in [5.41, 5.74) is 3.47. The van der Waals surface area contributed by atoms with E-state index < -0.39 is 23.7 Å². The highest BCUT2D eigenvalue weighted by Crippen LogP contribution is 2.43. The van der Waals surface area contributed by atoms with Crippen LogP contribution >= 0.6 is 0 Å². The predicted octanol–water partition coefficient (Wildman–Crippen LogP) is 5.50. The molecule has 3 aromatic rings. The minimum Gasteiger partial charge on any atom is -0.477 e. The number of fused-ring (bicyclic) bond motifs is 2. The largest absolute Gasteiger partial charge is 0.477 e. The summed E-state index contributed by atoms with van der Waals surface area (Å²) < 4.78 is 27.9. The molecule has 7 nitrogen and oxygen atoms in total. The third-order valence-electron chi connectivity index (χ3n) is 6.79. The van der Waals surface area contributed by atoms with E-state index in [0.717, 1.165) is 11.1 Å². The third kappa shape index (κ3) is 4.45. The van der Waals surface area contributed by atoms with E-state index in [-0.39, 0.29) is 37.4 Å². The van der Waals surface area contributed by atoms with Crippen molar-refractivity contribution in [1.82, 2.24) is 9.97 Å². The van der Waals surface area contributed by atoms with Crippen molar-refractivity contribution >= 4 is 29.1 Å². The molecule has 1 fully saturated rings. The Morgan fingerprint density at radius 2 is 1.94 bits per heavy atom. The molecule has 35 heavy (non-hydrogen) atoms. The second kappa shape index (κ2) is 8.72. The van der Waals surface area contributed by atoms with Gasteiger partial charge in [0.1, 0.15) is 11.5 Å². The summed E-state index contributed by atoms with van der Waals surface area (Å²) in [4.78, 5) is 35.0. The number of hydrogen-bond acceptors (Lipinski definition) is 5. The van der Waals surface area contributed by atoms with Crippen molar-refractivity contribution < 1.29 is 23.5 Å². The number of carbonyl (C=O) groups excluding carboxylic acids is 1. The van der Waals surface area contributed by atoms with Crippen molar-refractivity contribution in [3.05, 3.63) is 66.1 Å². The molecule has 2 atom stereocenters. The third-order valence-corrected chi connectivity index (χ3v) is 6.79. The maximum Gasteiger partial charge on any atom is 0.354 e. The molecule has 0 saturated heterocycles. The van der Waals surface area contributed by atoms with Crippen LogP contribution in [0.2, 0.25) is 0 Å². The summed E-state index contributed by atoms with van der Waals surface area (Å²) >= 11 is 0. The molecule has 1 aliphatic carbocycles. The van der Waals surface area contributed by atoms with Crippen molar-refractivity contribution in [1.29, 1.82) is 0 Å². The van der Waals surface area contributed by atoms with Crippen molar-refractivity contribution in [2.45, 2.75) is 38.7 Å². The lowest BCUT2D eigenvalue weighted by Gasteiger charge is -2.36. The van der Waals surface area contributed by atoms with Crippen LogP contribution in [0.15, 0.2) is 54.9 Å². The number of carboxylic acids is 1. The van der Waals surface area contributed by atoms with Gasteiger partial charge in [-0.2, -0.15) is 0 Å². The first-order valence-corrected chi connectivity index (χ1v) is 11.5. The normalized spacial score (nSPS) is 20.7. The van der Waals surface area contributed by atoms with E-state index in [4.69, 9.17) is 5.11 Å². The fraction of sp³-hybridized carbons (Fsp3) is 0.308. The van der Waals surface area contributed by atoms with Gasteiger partial charge in [0.25, 0.3) is 0 Å². The number of aromatic nitrogens is 2. The average molecular weight is 478 g/mol. The maximum atomic E-state index is 14.0. The molecule has 0 bridgehead atoms. The molecule has 0 spiro atoms. The van der Waals surface area contributed by atoms with Crippen molar-refractivity contribution in [2.75, 3.05) is 10.2 Å². The topological polar surface area (TPSA) is 95.4 Å². The van der Waals surface area contributed by atoms with E-state index in [0.29, 0.717) is 22.8 Å². The van der Waals surface area contributed by atoms with Crippen LogP contribution in [0.3, 0.4) is 0 Å². The van der Waals surface area contributed by atoms with Crippen LogP contribution < -0.4 is 10.2 Å². The SMILES string of the molecule is CC1CC(F)(F)CCC1C(=O)N1Cc2cccnc2Nc2ccc(-c3ccc(C(=O)O)nc3)cc21. The van der Waals surface area contributed by atoms with E-state index in [1.54, 1.807) is 30.2 Å². The standard InChI is InChI=1S/C26H24F2N4O3/c1-15-12-26(27,28)9-8-19(15)24(33)32-14-18-3-2-10-29-23(18)31-20-6-4-16(11-22(20)32)17-5-7-21(25(34)35)30-13-17/h2-7,10-11,13,15,19H,8-9,12,14H2,1H3,(H,29,31)(H,34,35). The Morgan fingerprint density at radius 1 is 1.14 bits per heavy atom. The number of benzene rings is 1. The fourth-order valence-corrected chi connectivity index (χ4v) is 4.92. The van der Waals surface area contributed by atoms with Gasteiger partial charge in [-0.25, -0.2) is 23.5 Å². The first-order valence-electron chi connectivity index (χ1n) is 11.5. The predicted molar refractivity (Wildman–Crippen MR) is 127 cm³/mol. The van der Waals surface area contributed by atoms with Gasteiger partial charge in [0, 0.05) is 42.3 Å². The van der Waals surface area contributed by atoms with Gasteiger partial charge < -0.3 is 15.3 Å². The summed E-state index contributed by atoms with van der Waals surface area (Å²) in [5, 5.41) is 12.4. The molecule has 0 radical (unpaired) electrons. The number of halogens is 2. The molecule has 5 rings (SSSR count). The number of hydrogen-bond donors (Lipinski definition) is 2. The highest BCUT2D eigenvalue weighted by Gasteiger charge is 2.44. The van der Waals surface area contributed by atoms with E-state index in [2.05, 4.69) is 15.3 Å². The maximum absolute atomic E-state index is 14.0. The second-order valence-corrected chi connectivity index (χ2v) is 9.21. The van der Waals surface area contributed by atoms with Crippen LogP contribution in [0.1, 0.15) is 42.2 Å². The lowest BCUT2D eigenvalue weighted by molar-refractivity contribution is -0.130. The average Bonchev–Trinajstić information content (AvgIpc) is 2.99. The number of pyridine rings is 2. The van der Waals surface area contributed by atoms with E-state index in [9.17, 15) is 18.4 Å². The zero-order valence-corrected chi connectivity index (χ0v) is 19.0. The van der Waals surface area contributed by atoms with Gasteiger partial charge in [0.05, 0.1) is 17.9 Å². The lowest BCUT2D eigenvalue weighted by Crippen LogP contribution is -2.42. The first kappa shape index (κ1) is 22.9. The first-order chi connectivity index (χ1) is 16.7. The molecule has 180 valence electrons. The highest BCUT2D eigenvalue weighted by molar-refractivity contribution is 6.00. The number of nitrogens with zero attached hydrogens (tertiary/aromatic N) is 3. The number of carboxylic acid groups (broad SMARTS) is 1. The van der Waals surface area contributed by atoms with E-state index >= 15 is 0 Å². The monoisotopic (exact) mass is 478 g/mol. The molecule has 1 amide bonds. The Morgan fingerprint density at radius 3 is 2.66 bits per heavy atom. The van der Waals surface area contributed by atoms with Gasteiger partial charge in [0.15, 0.2) is 0 Å². The van der Waals surface area contributed by atoms with Crippen LogP contribution in [-0.4, -0.2) is 32.9 Å². The molecular formula is C26H24F2N4O3. The molecule has 1 aromatic carbocycles.